The number of hydrogen-bond donors (Lipinski definition) is 0. The van der Waals surface area contributed by atoms with E-state index in [0.29, 0.717) is 3.63 Å². The van der Waals surface area contributed by atoms with Crippen LogP contribution in [0.5, 0.6) is 0 Å². The molecule has 3 heteroatoms. The van der Waals surface area contributed by atoms with Crippen LogP contribution in [0.1, 0.15) is 109 Å². The van der Waals surface area contributed by atoms with Crippen molar-refractivity contribution < 1.29 is 44.1 Å². The third-order valence-electron chi connectivity index (χ3n) is 10.6. The Labute approximate surface area is 313 Å². The van der Waals surface area contributed by atoms with Crippen molar-refractivity contribution in [3.05, 3.63) is 151 Å². The third-order valence-corrected chi connectivity index (χ3v) is 22.9. The van der Waals surface area contributed by atoms with Gasteiger partial charge >= 0.3 is 291 Å². The summed E-state index contributed by atoms with van der Waals surface area (Å²) in [6, 6.07) is 32.7. The normalized spacial score (nSPS) is 13.3. The van der Waals surface area contributed by atoms with Crippen molar-refractivity contribution >= 4 is 7.42 Å². The molecule has 0 fully saturated rings. The van der Waals surface area contributed by atoms with Crippen LogP contribution in [0.25, 0.3) is 11.1 Å². The number of aryl methyl sites for hydroxylation is 4. The second-order valence-corrected chi connectivity index (χ2v) is 25.7. The van der Waals surface area contributed by atoms with E-state index in [1.165, 1.54) is 44.5 Å². The summed E-state index contributed by atoms with van der Waals surface area (Å²) in [5.41, 5.74) is 15.1. The topological polar surface area (TPSA) is 0 Å². The fourth-order valence-electron chi connectivity index (χ4n) is 8.48. The van der Waals surface area contributed by atoms with Gasteiger partial charge in [0.15, 0.2) is 0 Å². The summed E-state index contributed by atoms with van der Waals surface area (Å²) in [7, 11) is 0. The smallest absolute Gasteiger partial charge is 1.00 e. The van der Waals surface area contributed by atoms with Gasteiger partial charge in [0, 0.05) is 0 Å². The van der Waals surface area contributed by atoms with Crippen LogP contribution < -0.4 is 24.8 Å². The van der Waals surface area contributed by atoms with E-state index < -0.39 is 19.3 Å². The van der Waals surface area contributed by atoms with Gasteiger partial charge in [-0.2, -0.15) is 0 Å². The number of fused-ring (bicyclic) bond motifs is 3. The first-order valence-corrected chi connectivity index (χ1v) is 23.3. The Kier molecular flexibility index (Phi) is 12.7. The van der Waals surface area contributed by atoms with E-state index in [0.717, 1.165) is 32.1 Å². The summed E-state index contributed by atoms with van der Waals surface area (Å²) in [5.74, 6) is 0. The van der Waals surface area contributed by atoms with E-state index in [4.69, 9.17) is 0 Å². The molecule has 0 heterocycles. The van der Waals surface area contributed by atoms with Gasteiger partial charge in [-0.15, -0.1) is 0 Å². The minimum absolute atomic E-state index is 0. The molecule has 0 N–H and O–H groups in total. The zero-order valence-corrected chi connectivity index (χ0v) is 34.8. The van der Waals surface area contributed by atoms with Crippen molar-refractivity contribution in [2.45, 2.75) is 102 Å². The van der Waals surface area contributed by atoms with Gasteiger partial charge < -0.3 is 24.8 Å². The molecule has 0 saturated heterocycles. The maximum atomic E-state index is 2.93. The summed E-state index contributed by atoms with van der Waals surface area (Å²) in [4.78, 5) is 0. The summed E-state index contributed by atoms with van der Waals surface area (Å²) >= 11 is -3.47. The molecule has 2 aliphatic carbocycles. The molecule has 0 bridgehead atoms. The number of allylic oxidation sites excluding steroid dienone is 4. The van der Waals surface area contributed by atoms with Crippen LogP contribution in [0.4, 0.5) is 0 Å². The average molecular weight is 769 g/mol. The van der Waals surface area contributed by atoms with E-state index in [1.54, 1.807) is 14.4 Å². The molecule has 0 atom stereocenters. The first-order valence-electron chi connectivity index (χ1n) is 17.8. The van der Waals surface area contributed by atoms with Gasteiger partial charge in [0.1, 0.15) is 0 Å². The molecule has 0 unspecified atom stereocenters. The number of halogens is 2. The Balaban J connectivity index is 0.00000270. The van der Waals surface area contributed by atoms with E-state index in [-0.39, 0.29) is 35.6 Å². The van der Waals surface area contributed by atoms with E-state index in [1.807, 2.05) is 0 Å². The van der Waals surface area contributed by atoms with Gasteiger partial charge in [-0.05, 0) is 0 Å². The van der Waals surface area contributed by atoms with Gasteiger partial charge in [-0.25, -0.2) is 0 Å². The molecule has 0 amide bonds. The van der Waals surface area contributed by atoms with Gasteiger partial charge in [-0.3, -0.25) is 0 Å². The fourth-order valence-corrected chi connectivity index (χ4v) is 21.1. The molecular formula is C46H54Cl2Zr. The van der Waals surface area contributed by atoms with Gasteiger partial charge in [0.2, 0.25) is 0 Å². The largest absolute Gasteiger partial charge is 1.00 e. The van der Waals surface area contributed by atoms with Crippen LogP contribution in [0, 0.1) is 13.8 Å². The zero-order valence-electron chi connectivity index (χ0n) is 30.8. The quantitative estimate of drug-likeness (QED) is 0.212. The van der Waals surface area contributed by atoms with Crippen LogP contribution in [0.15, 0.2) is 106 Å². The first-order chi connectivity index (χ1) is 22.4. The molecular weight excluding hydrogens is 715 g/mol. The summed E-state index contributed by atoms with van der Waals surface area (Å²) < 4.78 is 8.02. The molecule has 6 rings (SSSR count). The first kappa shape index (κ1) is 39.4. The molecule has 0 spiro atoms. The molecule has 4 aromatic rings. The predicted molar refractivity (Wildman–Crippen MR) is 204 cm³/mol. The maximum Gasteiger partial charge on any atom is -1.00 e. The van der Waals surface area contributed by atoms with E-state index >= 15 is 0 Å². The monoisotopic (exact) mass is 766 g/mol. The van der Waals surface area contributed by atoms with Crippen LogP contribution in [-0.4, -0.2) is 7.42 Å². The second kappa shape index (κ2) is 15.8. The zero-order chi connectivity index (χ0) is 33.4. The van der Waals surface area contributed by atoms with Gasteiger partial charge in [0.05, 0.1) is 0 Å². The summed E-state index contributed by atoms with van der Waals surface area (Å²) in [5, 5.41) is 0. The maximum absolute atomic E-state index is 3.47. The molecule has 0 aliphatic heterocycles. The molecule has 0 aromatic heterocycles. The van der Waals surface area contributed by atoms with Gasteiger partial charge in [0.25, 0.3) is 0 Å². The van der Waals surface area contributed by atoms with Crippen LogP contribution >= 0.6 is 0 Å². The SMILES string of the molecule is Cc1cc2c(cc1C(C)(C)C)-c1cc(C(C)(C)C)c(C)cc1[CH]2[Zr+2](=[CH]CCc1ccccc1)(=[CH]CCc1ccccc1)[C]1=CC=CC1.[Cl-].[Cl-]. The van der Waals surface area contributed by atoms with Crippen molar-refractivity contribution in [1.82, 2.24) is 0 Å². The van der Waals surface area contributed by atoms with E-state index in [9.17, 15) is 0 Å². The Hall–Kier alpha value is -2.44. The van der Waals surface area contributed by atoms with Crippen molar-refractivity contribution in [2.24, 2.45) is 0 Å². The standard InChI is InChI=1S/C23H29.2C9H10.C5H5.2ClH.Zr/c1-14-9-16-11-17-10-15(2)21(23(6,7)8)13-19(17)18(16)12-20(14)22(3,4)5;2*1-2-6-9-7-4-3-5-8-9;1-2-4-5-3-1;;;/h9-13H,1-8H3;2*1,3-5,7-8H,2,6H2;1-3H,4H2;2*1H;/q;;;;;;+2/p-2. The molecule has 4 aromatic carbocycles. The Bertz CT molecular complexity index is 1830. The molecule has 2 aliphatic rings. The minimum Gasteiger partial charge on any atom is -1.00 e. The predicted octanol–water partition coefficient (Wildman–Crippen LogP) is 5.84. The molecule has 0 nitrogen and oxygen atoms in total. The molecule has 0 saturated carbocycles. The van der Waals surface area contributed by atoms with Crippen LogP contribution in [0.2, 0.25) is 0 Å². The van der Waals surface area contributed by atoms with Crippen molar-refractivity contribution in [1.29, 1.82) is 0 Å². The molecule has 0 radical (unpaired) electrons. The van der Waals surface area contributed by atoms with Gasteiger partial charge in [-0.1, -0.05) is 0 Å². The van der Waals surface area contributed by atoms with Crippen LogP contribution in [-0.2, 0) is 43.0 Å². The Morgan fingerprint density at radius 2 is 1.06 bits per heavy atom. The third kappa shape index (κ3) is 8.22. The van der Waals surface area contributed by atoms with Crippen molar-refractivity contribution in [3.8, 4) is 11.1 Å². The number of benzene rings is 4. The summed E-state index contributed by atoms with van der Waals surface area (Å²) in [6.07, 6.45) is 12.8. The number of rotatable bonds is 8. The summed E-state index contributed by atoms with van der Waals surface area (Å²) in [6.45, 7) is 19.0. The Morgan fingerprint density at radius 3 is 1.43 bits per heavy atom. The molecule has 256 valence electrons. The molecule has 49 heavy (non-hydrogen) atoms. The number of hydrogen-bond acceptors (Lipinski definition) is 0. The van der Waals surface area contributed by atoms with E-state index in [2.05, 4.69) is 166 Å². The van der Waals surface area contributed by atoms with Crippen molar-refractivity contribution in [3.63, 3.8) is 0 Å². The second-order valence-electron chi connectivity index (χ2n) is 16.2. The fraction of sp³-hybridized carbons (Fsp3) is 0.348. The average Bonchev–Trinajstić information content (AvgIpc) is 3.67. The van der Waals surface area contributed by atoms with Crippen LogP contribution in [0.3, 0.4) is 0 Å². The Morgan fingerprint density at radius 1 is 0.633 bits per heavy atom. The minimum atomic E-state index is -3.47. The van der Waals surface area contributed by atoms with Crippen molar-refractivity contribution in [2.75, 3.05) is 0 Å².